The van der Waals surface area contributed by atoms with E-state index in [0.717, 1.165) is 5.39 Å². The molecule has 0 bridgehead atoms. The first kappa shape index (κ1) is 11.1. The average Bonchev–Trinajstić information content (AvgIpc) is 2.46. The summed E-state index contributed by atoms with van der Waals surface area (Å²) in [5.41, 5.74) is 1.16. The molecule has 0 amide bonds. The van der Waals surface area contributed by atoms with Gasteiger partial charge in [0.1, 0.15) is 5.82 Å². The number of hydrogen-bond acceptors (Lipinski definition) is 1. The molecule has 2 N–H and O–H groups in total. The maximum absolute atomic E-state index is 13.2. The molecule has 0 atom stereocenters. The Bertz CT molecular complexity index is 453. The Morgan fingerprint density at radius 2 is 2.14 bits per heavy atom. The van der Waals surface area contributed by atoms with Crippen LogP contribution in [0.15, 0.2) is 18.3 Å². The number of fused-ring (bicyclic) bond motifs is 1. The van der Waals surface area contributed by atoms with Gasteiger partial charge in [0.25, 0.3) is 0 Å². The van der Waals surface area contributed by atoms with Crippen LogP contribution in [0.25, 0.3) is 10.9 Å². The van der Waals surface area contributed by atoms with Gasteiger partial charge in [0, 0.05) is 30.2 Å². The number of rotatable bonds is 1. The molecule has 0 saturated carbocycles. The highest BCUT2D eigenvalue weighted by atomic mass is 35.5. The van der Waals surface area contributed by atoms with Gasteiger partial charge in [-0.05, 0) is 6.07 Å². The summed E-state index contributed by atoms with van der Waals surface area (Å²) in [6, 6.07) is 3.11. The molecule has 2 nitrogen and oxygen atoms in total. The smallest absolute Gasteiger partial charge is 0.148 e. The van der Waals surface area contributed by atoms with E-state index in [1.54, 1.807) is 19.3 Å². The van der Waals surface area contributed by atoms with Crippen molar-refractivity contribution in [2.24, 2.45) is 0 Å². The Kier molecular flexibility index (Phi) is 3.24. The number of aromatic nitrogens is 1. The van der Waals surface area contributed by atoms with Crippen LogP contribution < -0.4 is 5.32 Å². The molecule has 0 spiro atoms. The van der Waals surface area contributed by atoms with Gasteiger partial charge in [-0.2, -0.15) is 0 Å². The zero-order valence-corrected chi connectivity index (χ0v) is 8.97. The summed E-state index contributed by atoms with van der Waals surface area (Å²) in [5.74, 6) is -0.284. The van der Waals surface area contributed by atoms with Gasteiger partial charge < -0.3 is 10.3 Å². The molecule has 0 aliphatic heterocycles. The minimum Gasteiger partial charge on any atom is -0.386 e. The molecular formula is C9H9Cl2FN2. The van der Waals surface area contributed by atoms with Crippen LogP contribution >= 0.6 is 24.0 Å². The Morgan fingerprint density at radius 3 is 2.79 bits per heavy atom. The van der Waals surface area contributed by atoms with Crippen molar-refractivity contribution in [3.8, 4) is 0 Å². The second-order valence-corrected chi connectivity index (χ2v) is 3.17. The first-order valence-electron chi connectivity index (χ1n) is 3.86. The van der Waals surface area contributed by atoms with Crippen molar-refractivity contribution in [3.05, 3.63) is 29.2 Å². The summed E-state index contributed by atoms with van der Waals surface area (Å²) >= 11 is 5.87. The molecule has 0 radical (unpaired) electrons. The van der Waals surface area contributed by atoms with Crippen molar-refractivity contribution in [2.75, 3.05) is 12.4 Å². The van der Waals surface area contributed by atoms with Crippen LogP contribution in [0.5, 0.6) is 0 Å². The molecule has 14 heavy (non-hydrogen) atoms. The fraction of sp³-hybridized carbons (Fsp3) is 0.111. The normalized spacial score (nSPS) is 9.93. The number of H-pyrrole nitrogens is 1. The molecule has 1 aromatic carbocycles. The third-order valence-electron chi connectivity index (χ3n) is 1.99. The first-order chi connectivity index (χ1) is 6.22. The van der Waals surface area contributed by atoms with Crippen molar-refractivity contribution in [1.82, 2.24) is 4.98 Å². The van der Waals surface area contributed by atoms with Crippen LogP contribution in [0, 0.1) is 5.82 Å². The van der Waals surface area contributed by atoms with E-state index >= 15 is 0 Å². The summed E-state index contributed by atoms with van der Waals surface area (Å²) in [6.07, 6.45) is 1.64. The van der Waals surface area contributed by atoms with E-state index in [1.165, 1.54) is 6.07 Å². The average molecular weight is 235 g/mol. The van der Waals surface area contributed by atoms with Gasteiger partial charge in [0.2, 0.25) is 0 Å². The predicted molar refractivity (Wildman–Crippen MR) is 60.1 cm³/mol. The monoisotopic (exact) mass is 234 g/mol. The first-order valence-corrected chi connectivity index (χ1v) is 4.24. The molecule has 76 valence electrons. The van der Waals surface area contributed by atoms with Gasteiger partial charge in [0.05, 0.1) is 10.7 Å². The van der Waals surface area contributed by atoms with Gasteiger partial charge in [-0.3, -0.25) is 0 Å². The fourth-order valence-electron chi connectivity index (χ4n) is 1.30. The molecule has 0 aliphatic carbocycles. The molecule has 1 heterocycles. The molecule has 0 unspecified atom stereocenters. The van der Waals surface area contributed by atoms with Crippen molar-refractivity contribution in [3.63, 3.8) is 0 Å². The Balaban J connectivity index is 0.000000980. The molecule has 0 fully saturated rings. The van der Waals surface area contributed by atoms with Gasteiger partial charge in [0.15, 0.2) is 0 Å². The zero-order chi connectivity index (χ0) is 9.42. The highest BCUT2D eigenvalue weighted by Gasteiger charge is 2.06. The molecule has 2 aromatic rings. The van der Waals surface area contributed by atoms with Crippen LogP contribution in [0.4, 0.5) is 10.1 Å². The lowest BCUT2D eigenvalue weighted by Gasteiger charge is -2.01. The van der Waals surface area contributed by atoms with Gasteiger partial charge in [-0.1, -0.05) is 11.6 Å². The Labute approximate surface area is 91.9 Å². The minimum absolute atomic E-state index is 0. The summed E-state index contributed by atoms with van der Waals surface area (Å²) < 4.78 is 13.2. The van der Waals surface area contributed by atoms with E-state index in [-0.39, 0.29) is 18.2 Å². The van der Waals surface area contributed by atoms with E-state index in [0.29, 0.717) is 16.2 Å². The maximum atomic E-state index is 13.2. The van der Waals surface area contributed by atoms with Crippen LogP contribution in [0.3, 0.4) is 0 Å². The number of aromatic amines is 1. The summed E-state index contributed by atoms with van der Waals surface area (Å²) in [5, 5.41) is 4.19. The van der Waals surface area contributed by atoms with Crippen molar-refractivity contribution in [2.45, 2.75) is 0 Å². The van der Waals surface area contributed by atoms with Crippen LogP contribution in [0.1, 0.15) is 0 Å². The third-order valence-corrected chi connectivity index (χ3v) is 2.30. The maximum Gasteiger partial charge on any atom is 0.148 e. The van der Waals surface area contributed by atoms with Crippen molar-refractivity contribution < 1.29 is 4.39 Å². The van der Waals surface area contributed by atoms with Crippen molar-refractivity contribution >= 4 is 40.6 Å². The van der Waals surface area contributed by atoms with E-state index in [4.69, 9.17) is 11.6 Å². The largest absolute Gasteiger partial charge is 0.386 e. The molecule has 1 aromatic heterocycles. The molecular weight excluding hydrogens is 226 g/mol. The predicted octanol–water partition coefficient (Wildman–Crippen LogP) is 3.42. The Hall–Kier alpha value is -0.930. The lowest BCUT2D eigenvalue weighted by atomic mass is 10.2. The number of hydrogen-bond donors (Lipinski definition) is 2. The number of anilines is 1. The molecule has 5 heteroatoms. The van der Waals surface area contributed by atoms with Gasteiger partial charge >= 0.3 is 0 Å². The van der Waals surface area contributed by atoms with Gasteiger partial charge in [-0.25, -0.2) is 4.39 Å². The summed E-state index contributed by atoms with van der Waals surface area (Å²) in [4.78, 5) is 2.88. The summed E-state index contributed by atoms with van der Waals surface area (Å²) in [6.45, 7) is 0. The quantitative estimate of drug-likeness (QED) is 0.778. The second kappa shape index (κ2) is 4.07. The van der Waals surface area contributed by atoms with Crippen molar-refractivity contribution in [1.29, 1.82) is 0 Å². The SMILES string of the molecule is CNc1cc2c(Cl)c[nH]c2cc1F.Cl. The molecule has 0 aliphatic rings. The van der Waals surface area contributed by atoms with Crippen LogP contribution in [-0.4, -0.2) is 12.0 Å². The lowest BCUT2D eigenvalue weighted by molar-refractivity contribution is 0.633. The Morgan fingerprint density at radius 1 is 1.43 bits per heavy atom. The minimum atomic E-state index is -0.284. The van der Waals surface area contributed by atoms with Crippen LogP contribution in [0.2, 0.25) is 5.02 Å². The number of halogens is 3. The second-order valence-electron chi connectivity index (χ2n) is 2.76. The molecule has 2 rings (SSSR count). The summed E-state index contributed by atoms with van der Waals surface area (Å²) in [7, 11) is 1.67. The number of nitrogens with one attached hydrogen (secondary N) is 2. The lowest BCUT2D eigenvalue weighted by Crippen LogP contribution is -1.91. The molecule has 0 saturated heterocycles. The van der Waals surface area contributed by atoms with Gasteiger partial charge in [-0.15, -0.1) is 12.4 Å². The highest BCUT2D eigenvalue weighted by Crippen LogP contribution is 2.27. The zero-order valence-electron chi connectivity index (χ0n) is 7.40. The number of benzene rings is 1. The van der Waals surface area contributed by atoms with E-state index < -0.39 is 0 Å². The van der Waals surface area contributed by atoms with E-state index in [2.05, 4.69) is 10.3 Å². The van der Waals surface area contributed by atoms with E-state index in [9.17, 15) is 4.39 Å². The standard InChI is InChI=1S/C9H8ClFN2.ClH/c1-12-9-2-5-6(10)4-13-8(5)3-7(9)11;/h2-4,12-13H,1H3;1H. The fourth-order valence-corrected chi connectivity index (χ4v) is 1.51. The third kappa shape index (κ3) is 1.65. The van der Waals surface area contributed by atoms with Crippen LogP contribution in [-0.2, 0) is 0 Å². The topological polar surface area (TPSA) is 27.8 Å². The highest BCUT2D eigenvalue weighted by molar-refractivity contribution is 6.35. The van der Waals surface area contributed by atoms with E-state index in [1.807, 2.05) is 0 Å².